The van der Waals surface area contributed by atoms with E-state index in [1.165, 1.54) is 31.5 Å². The summed E-state index contributed by atoms with van der Waals surface area (Å²) in [7, 11) is 0. The van der Waals surface area contributed by atoms with Gasteiger partial charge in [0.15, 0.2) is 0 Å². The van der Waals surface area contributed by atoms with Crippen LogP contribution in [0.3, 0.4) is 0 Å². The first-order valence-corrected chi connectivity index (χ1v) is 6.16. The van der Waals surface area contributed by atoms with Gasteiger partial charge in [-0.05, 0) is 31.4 Å². The zero-order valence-electron chi connectivity index (χ0n) is 9.12. The molecule has 2 heterocycles. The number of pyridine rings is 1. The average Bonchev–Trinajstić information content (AvgIpc) is 2.77. The highest BCUT2D eigenvalue weighted by atomic mass is 35.5. The molecule has 1 aromatic heterocycles. The van der Waals surface area contributed by atoms with Gasteiger partial charge in [-0.3, -0.25) is 4.98 Å². The molecule has 15 heavy (non-hydrogen) atoms. The van der Waals surface area contributed by atoms with Crippen LogP contribution in [0.5, 0.6) is 0 Å². The van der Waals surface area contributed by atoms with Gasteiger partial charge in [0.05, 0.1) is 11.6 Å². The van der Waals surface area contributed by atoms with E-state index >= 15 is 0 Å². The van der Waals surface area contributed by atoms with Gasteiger partial charge in [-0.2, -0.15) is 0 Å². The largest absolute Gasteiger partial charge is 0.368 e. The van der Waals surface area contributed by atoms with Crippen molar-refractivity contribution in [2.45, 2.75) is 38.1 Å². The normalized spacial score (nSPS) is 20.9. The van der Waals surface area contributed by atoms with Crippen molar-refractivity contribution in [1.29, 1.82) is 0 Å². The van der Waals surface area contributed by atoms with Crippen molar-refractivity contribution >= 4 is 17.3 Å². The fraction of sp³-hybridized carbons (Fsp3) is 0.583. The molecule has 2 nitrogen and oxygen atoms in total. The van der Waals surface area contributed by atoms with Gasteiger partial charge in [0, 0.05) is 24.5 Å². The number of nitrogens with zero attached hydrogens (tertiary/aromatic N) is 2. The van der Waals surface area contributed by atoms with E-state index in [1.807, 2.05) is 6.20 Å². The Hall–Kier alpha value is -0.760. The quantitative estimate of drug-likeness (QED) is 0.733. The monoisotopic (exact) mass is 224 g/mol. The summed E-state index contributed by atoms with van der Waals surface area (Å²) in [5.74, 6) is 0.498. The number of hydrogen-bond donors (Lipinski definition) is 0. The number of hydrogen-bond acceptors (Lipinski definition) is 2. The minimum atomic E-state index is 0.498. The van der Waals surface area contributed by atoms with E-state index in [4.69, 9.17) is 11.6 Å². The lowest BCUT2D eigenvalue weighted by molar-refractivity contribution is 0.645. The molecule has 0 saturated carbocycles. The maximum atomic E-state index is 5.79. The van der Waals surface area contributed by atoms with Crippen molar-refractivity contribution in [3.63, 3.8) is 0 Å². The second kappa shape index (κ2) is 4.84. The molecule has 0 spiro atoms. The van der Waals surface area contributed by atoms with E-state index in [1.54, 1.807) is 0 Å². The third kappa shape index (κ3) is 2.25. The van der Waals surface area contributed by atoms with Gasteiger partial charge >= 0.3 is 0 Å². The molecule has 0 radical (unpaired) electrons. The minimum absolute atomic E-state index is 0.498. The smallest absolute Gasteiger partial charge is 0.0648 e. The lowest BCUT2D eigenvalue weighted by Crippen LogP contribution is -2.28. The molecule has 3 heteroatoms. The van der Waals surface area contributed by atoms with Crippen molar-refractivity contribution in [2.24, 2.45) is 0 Å². The zero-order valence-corrected chi connectivity index (χ0v) is 9.87. The van der Waals surface area contributed by atoms with Gasteiger partial charge in [0.2, 0.25) is 0 Å². The standard InChI is InChI=1S/C12H17ClN2/c1-2-11-4-3-7-15(11)12-5-6-14-10(8-12)9-13/h5-6,8,11H,2-4,7,9H2,1H3. The zero-order chi connectivity index (χ0) is 10.7. The van der Waals surface area contributed by atoms with Crippen LogP contribution in [-0.4, -0.2) is 17.6 Å². The van der Waals surface area contributed by atoms with Crippen molar-refractivity contribution in [2.75, 3.05) is 11.4 Å². The van der Waals surface area contributed by atoms with Gasteiger partial charge in [-0.15, -0.1) is 11.6 Å². The average molecular weight is 225 g/mol. The number of rotatable bonds is 3. The first-order chi connectivity index (χ1) is 7.35. The second-order valence-corrected chi connectivity index (χ2v) is 4.30. The Morgan fingerprint density at radius 1 is 1.60 bits per heavy atom. The molecule has 82 valence electrons. The molecule has 0 amide bonds. The highest BCUT2D eigenvalue weighted by Gasteiger charge is 2.22. The van der Waals surface area contributed by atoms with E-state index < -0.39 is 0 Å². The van der Waals surface area contributed by atoms with Crippen molar-refractivity contribution < 1.29 is 0 Å². The molecule has 1 aliphatic rings. The summed E-state index contributed by atoms with van der Waals surface area (Å²) >= 11 is 5.79. The third-order valence-electron chi connectivity index (χ3n) is 3.12. The minimum Gasteiger partial charge on any atom is -0.368 e. The van der Waals surface area contributed by atoms with Crippen LogP contribution in [0.15, 0.2) is 18.3 Å². The summed E-state index contributed by atoms with van der Waals surface area (Å²) in [5, 5.41) is 0. The SMILES string of the molecule is CCC1CCCN1c1ccnc(CCl)c1. The van der Waals surface area contributed by atoms with E-state index in [-0.39, 0.29) is 0 Å². The summed E-state index contributed by atoms with van der Waals surface area (Å²) in [6.45, 7) is 3.43. The van der Waals surface area contributed by atoms with Gasteiger partial charge in [0.1, 0.15) is 0 Å². The molecular formula is C12H17ClN2. The summed E-state index contributed by atoms with van der Waals surface area (Å²) in [4.78, 5) is 6.71. The van der Waals surface area contributed by atoms with Crippen LogP contribution in [0.4, 0.5) is 5.69 Å². The van der Waals surface area contributed by atoms with Crippen molar-refractivity contribution in [3.8, 4) is 0 Å². The number of alkyl halides is 1. The summed E-state index contributed by atoms with van der Waals surface area (Å²) < 4.78 is 0. The van der Waals surface area contributed by atoms with Crippen LogP contribution in [-0.2, 0) is 5.88 Å². The molecule has 0 N–H and O–H groups in total. The molecule has 1 fully saturated rings. The molecule has 2 rings (SSSR count). The van der Waals surface area contributed by atoms with Gasteiger partial charge < -0.3 is 4.90 Å². The Kier molecular flexibility index (Phi) is 3.47. The number of halogens is 1. The van der Waals surface area contributed by atoms with Crippen LogP contribution in [0.25, 0.3) is 0 Å². The van der Waals surface area contributed by atoms with Crippen LogP contribution in [0.1, 0.15) is 31.9 Å². The molecule has 0 bridgehead atoms. The van der Waals surface area contributed by atoms with E-state index in [0.29, 0.717) is 11.9 Å². The number of aromatic nitrogens is 1. The van der Waals surface area contributed by atoms with E-state index in [9.17, 15) is 0 Å². The predicted molar refractivity (Wildman–Crippen MR) is 64.5 cm³/mol. The molecular weight excluding hydrogens is 208 g/mol. The van der Waals surface area contributed by atoms with Crippen LogP contribution in [0, 0.1) is 0 Å². The lowest BCUT2D eigenvalue weighted by atomic mass is 10.1. The van der Waals surface area contributed by atoms with E-state index in [2.05, 4.69) is 28.9 Å². The maximum Gasteiger partial charge on any atom is 0.0648 e. The Balaban J connectivity index is 2.20. The third-order valence-corrected chi connectivity index (χ3v) is 3.39. The summed E-state index contributed by atoms with van der Waals surface area (Å²) in [5.41, 5.74) is 2.25. The molecule has 0 aliphatic carbocycles. The molecule has 1 unspecified atom stereocenters. The second-order valence-electron chi connectivity index (χ2n) is 4.04. The summed E-state index contributed by atoms with van der Waals surface area (Å²) in [6, 6.07) is 4.90. The van der Waals surface area contributed by atoms with Gasteiger partial charge in [-0.1, -0.05) is 6.92 Å². The fourth-order valence-corrected chi connectivity index (χ4v) is 2.46. The summed E-state index contributed by atoms with van der Waals surface area (Å²) in [6.07, 6.45) is 5.70. The van der Waals surface area contributed by atoms with Crippen molar-refractivity contribution in [3.05, 3.63) is 24.0 Å². The highest BCUT2D eigenvalue weighted by Crippen LogP contribution is 2.27. The topological polar surface area (TPSA) is 16.1 Å². The Morgan fingerprint density at radius 2 is 2.47 bits per heavy atom. The highest BCUT2D eigenvalue weighted by molar-refractivity contribution is 6.16. The molecule has 1 saturated heterocycles. The van der Waals surface area contributed by atoms with Gasteiger partial charge in [-0.25, -0.2) is 0 Å². The maximum absolute atomic E-state index is 5.79. The fourth-order valence-electron chi connectivity index (χ4n) is 2.32. The molecule has 1 aliphatic heterocycles. The Morgan fingerprint density at radius 3 is 3.20 bits per heavy atom. The Labute approximate surface area is 96.3 Å². The van der Waals surface area contributed by atoms with Gasteiger partial charge in [0.25, 0.3) is 0 Å². The molecule has 0 aromatic carbocycles. The lowest BCUT2D eigenvalue weighted by Gasteiger charge is -2.26. The van der Waals surface area contributed by atoms with E-state index in [0.717, 1.165) is 5.69 Å². The first-order valence-electron chi connectivity index (χ1n) is 5.62. The first kappa shape index (κ1) is 10.7. The Bertz CT molecular complexity index is 327. The van der Waals surface area contributed by atoms with Crippen LogP contribution >= 0.6 is 11.6 Å². The molecule has 1 atom stereocenters. The molecule has 1 aromatic rings. The number of anilines is 1. The van der Waals surface area contributed by atoms with Crippen LogP contribution in [0.2, 0.25) is 0 Å². The van der Waals surface area contributed by atoms with Crippen LogP contribution < -0.4 is 4.90 Å². The predicted octanol–water partition coefficient (Wildman–Crippen LogP) is 3.20. The van der Waals surface area contributed by atoms with Crippen molar-refractivity contribution in [1.82, 2.24) is 4.98 Å².